The van der Waals surface area contributed by atoms with Crippen LogP contribution >= 0.6 is 0 Å². The molecule has 0 aliphatic carbocycles. The Morgan fingerprint density at radius 3 is 2.39 bits per heavy atom. The molecule has 0 atom stereocenters. The van der Waals surface area contributed by atoms with Crippen molar-refractivity contribution in [3.8, 4) is 0 Å². The number of anilines is 1. The summed E-state index contributed by atoms with van der Waals surface area (Å²) in [4.78, 5) is 6.56. The Bertz CT molecular complexity index is 645. The highest BCUT2D eigenvalue weighted by atomic mass is 15.1. The standard InChI is InChI=1S/C19H26N4/c1-4-15-6-5-7-18(12-15)22-19(20)21-13-16-8-10-17(11-9-16)14-23(2)3/h5-12H,4,13-14H2,1-3H3,(H3,20,21,22). The number of aryl methyl sites for hydroxylation is 1. The molecular formula is C19H26N4. The van der Waals surface area contributed by atoms with Crippen molar-refractivity contribution in [1.29, 1.82) is 0 Å². The Kier molecular flexibility index (Phi) is 6.18. The fourth-order valence-electron chi connectivity index (χ4n) is 2.35. The normalized spacial score (nSPS) is 11.7. The molecule has 0 unspecified atom stereocenters. The molecule has 0 aromatic heterocycles. The minimum atomic E-state index is 0.440. The third kappa shape index (κ3) is 5.75. The number of nitrogens with one attached hydrogen (secondary N) is 1. The summed E-state index contributed by atoms with van der Waals surface area (Å²) in [5.74, 6) is 0.440. The lowest BCUT2D eigenvalue weighted by Crippen LogP contribution is -2.22. The molecule has 4 heteroatoms. The lowest BCUT2D eigenvalue weighted by atomic mass is 10.1. The smallest absolute Gasteiger partial charge is 0.193 e. The van der Waals surface area contributed by atoms with Gasteiger partial charge in [-0.1, -0.05) is 43.3 Å². The van der Waals surface area contributed by atoms with Crippen LogP contribution in [-0.4, -0.2) is 25.0 Å². The van der Waals surface area contributed by atoms with Gasteiger partial charge in [0.1, 0.15) is 0 Å². The van der Waals surface area contributed by atoms with E-state index in [-0.39, 0.29) is 0 Å². The van der Waals surface area contributed by atoms with E-state index in [2.05, 4.69) is 72.6 Å². The van der Waals surface area contributed by atoms with Gasteiger partial charge < -0.3 is 16.0 Å². The fraction of sp³-hybridized carbons (Fsp3) is 0.316. The first-order chi connectivity index (χ1) is 11.1. The van der Waals surface area contributed by atoms with Crippen LogP contribution in [0.25, 0.3) is 0 Å². The molecule has 3 N–H and O–H groups in total. The Morgan fingerprint density at radius 1 is 1.04 bits per heavy atom. The molecule has 4 nitrogen and oxygen atoms in total. The van der Waals surface area contributed by atoms with Crippen LogP contribution in [0.1, 0.15) is 23.6 Å². The van der Waals surface area contributed by atoms with Gasteiger partial charge in [-0.3, -0.25) is 0 Å². The summed E-state index contributed by atoms with van der Waals surface area (Å²) in [5.41, 5.74) is 10.7. The van der Waals surface area contributed by atoms with E-state index in [0.717, 1.165) is 24.2 Å². The maximum atomic E-state index is 5.97. The number of hydrogen-bond acceptors (Lipinski definition) is 2. The van der Waals surface area contributed by atoms with Crippen LogP contribution < -0.4 is 11.1 Å². The highest BCUT2D eigenvalue weighted by Crippen LogP contribution is 2.11. The van der Waals surface area contributed by atoms with Crippen LogP contribution in [0.3, 0.4) is 0 Å². The molecular weight excluding hydrogens is 284 g/mol. The molecule has 0 spiro atoms. The first-order valence-electron chi connectivity index (χ1n) is 7.95. The first kappa shape index (κ1) is 17.0. The van der Waals surface area contributed by atoms with Gasteiger partial charge in [0.25, 0.3) is 0 Å². The van der Waals surface area contributed by atoms with E-state index in [1.54, 1.807) is 0 Å². The van der Waals surface area contributed by atoms with Crippen LogP contribution in [0.4, 0.5) is 5.69 Å². The second-order valence-corrected chi connectivity index (χ2v) is 5.93. The number of benzene rings is 2. The highest BCUT2D eigenvalue weighted by Gasteiger charge is 1.99. The molecule has 0 heterocycles. The third-order valence-corrected chi connectivity index (χ3v) is 3.56. The van der Waals surface area contributed by atoms with Crippen molar-refractivity contribution < 1.29 is 0 Å². The molecule has 0 aliphatic rings. The van der Waals surface area contributed by atoms with Crippen LogP contribution in [0.15, 0.2) is 53.5 Å². The van der Waals surface area contributed by atoms with Crippen molar-refractivity contribution in [2.45, 2.75) is 26.4 Å². The molecule has 23 heavy (non-hydrogen) atoms. The highest BCUT2D eigenvalue weighted by molar-refractivity contribution is 5.92. The Balaban J connectivity index is 1.93. The van der Waals surface area contributed by atoms with Gasteiger partial charge in [0.2, 0.25) is 0 Å². The van der Waals surface area contributed by atoms with E-state index in [4.69, 9.17) is 5.73 Å². The van der Waals surface area contributed by atoms with Crippen molar-refractivity contribution in [2.24, 2.45) is 10.7 Å². The number of hydrogen-bond donors (Lipinski definition) is 2. The second kappa shape index (κ2) is 8.34. The van der Waals surface area contributed by atoms with E-state index < -0.39 is 0 Å². The molecule has 0 fully saturated rings. The van der Waals surface area contributed by atoms with Gasteiger partial charge in [0.05, 0.1) is 6.54 Å². The van der Waals surface area contributed by atoms with Crippen molar-refractivity contribution >= 4 is 11.6 Å². The quantitative estimate of drug-likeness (QED) is 0.636. The minimum absolute atomic E-state index is 0.440. The van der Waals surface area contributed by atoms with Gasteiger partial charge >= 0.3 is 0 Å². The van der Waals surface area contributed by atoms with Crippen LogP contribution in [0, 0.1) is 0 Å². The molecule has 0 saturated carbocycles. The van der Waals surface area contributed by atoms with E-state index in [9.17, 15) is 0 Å². The first-order valence-corrected chi connectivity index (χ1v) is 7.95. The van der Waals surface area contributed by atoms with Crippen LogP contribution in [-0.2, 0) is 19.5 Å². The van der Waals surface area contributed by atoms with Crippen molar-refractivity contribution in [3.63, 3.8) is 0 Å². The summed E-state index contributed by atoms with van der Waals surface area (Å²) in [6.07, 6.45) is 1.01. The zero-order valence-electron chi connectivity index (χ0n) is 14.2. The summed E-state index contributed by atoms with van der Waals surface area (Å²) < 4.78 is 0. The maximum Gasteiger partial charge on any atom is 0.193 e. The summed E-state index contributed by atoms with van der Waals surface area (Å²) in [7, 11) is 4.14. The summed E-state index contributed by atoms with van der Waals surface area (Å²) in [6, 6.07) is 16.7. The maximum absolute atomic E-state index is 5.97. The number of nitrogens with zero attached hydrogens (tertiary/aromatic N) is 2. The molecule has 2 aromatic carbocycles. The topological polar surface area (TPSA) is 53.6 Å². The molecule has 0 amide bonds. The van der Waals surface area contributed by atoms with E-state index in [1.807, 2.05) is 12.1 Å². The van der Waals surface area contributed by atoms with Crippen molar-refractivity contribution in [1.82, 2.24) is 4.90 Å². The van der Waals surface area contributed by atoms with E-state index in [0.29, 0.717) is 12.5 Å². The predicted octanol–water partition coefficient (Wildman–Crippen LogP) is 3.24. The number of nitrogens with two attached hydrogens (primary N) is 1. The molecule has 122 valence electrons. The lowest BCUT2D eigenvalue weighted by molar-refractivity contribution is 0.402. The van der Waals surface area contributed by atoms with Crippen molar-refractivity contribution in [2.75, 3.05) is 19.4 Å². The van der Waals surface area contributed by atoms with Crippen LogP contribution in [0.5, 0.6) is 0 Å². The van der Waals surface area contributed by atoms with Gasteiger partial charge in [-0.05, 0) is 49.3 Å². The SMILES string of the molecule is CCc1cccc(NC(N)=NCc2ccc(CN(C)C)cc2)c1. The summed E-state index contributed by atoms with van der Waals surface area (Å²) >= 11 is 0. The molecule has 0 bridgehead atoms. The summed E-state index contributed by atoms with van der Waals surface area (Å²) in [6.45, 7) is 3.66. The van der Waals surface area contributed by atoms with Gasteiger partial charge in [0.15, 0.2) is 5.96 Å². The Morgan fingerprint density at radius 2 is 1.74 bits per heavy atom. The molecule has 0 saturated heterocycles. The van der Waals surface area contributed by atoms with Gasteiger partial charge in [-0.25, -0.2) is 4.99 Å². The average Bonchev–Trinajstić information content (AvgIpc) is 2.54. The van der Waals surface area contributed by atoms with E-state index >= 15 is 0 Å². The molecule has 0 aliphatic heterocycles. The molecule has 0 radical (unpaired) electrons. The van der Waals surface area contributed by atoms with Crippen molar-refractivity contribution in [3.05, 3.63) is 65.2 Å². The molecule has 2 aromatic rings. The Labute approximate surface area is 139 Å². The number of aliphatic imine (C=N–C) groups is 1. The van der Waals surface area contributed by atoms with Gasteiger partial charge in [0, 0.05) is 12.2 Å². The zero-order valence-corrected chi connectivity index (χ0v) is 14.2. The van der Waals surface area contributed by atoms with Crippen LogP contribution in [0.2, 0.25) is 0 Å². The Hall–Kier alpha value is -2.33. The second-order valence-electron chi connectivity index (χ2n) is 5.93. The zero-order chi connectivity index (χ0) is 16.7. The molecule has 2 rings (SSSR count). The largest absolute Gasteiger partial charge is 0.370 e. The van der Waals surface area contributed by atoms with Gasteiger partial charge in [-0.2, -0.15) is 0 Å². The van der Waals surface area contributed by atoms with E-state index in [1.165, 1.54) is 11.1 Å². The average molecular weight is 310 g/mol. The number of rotatable bonds is 6. The minimum Gasteiger partial charge on any atom is -0.370 e. The lowest BCUT2D eigenvalue weighted by Gasteiger charge is -2.10. The number of guanidine groups is 1. The predicted molar refractivity (Wildman–Crippen MR) is 98.6 cm³/mol. The fourth-order valence-corrected chi connectivity index (χ4v) is 2.35. The van der Waals surface area contributed by atoms with Gasteiger partial charge in [-0.15, -0.1) is 0 Å². The summed E-state index contributed by atoms with van der Waals surface area (Å²) in [5, 5.41) is 3.15. The monoisotopic (exact) mass is 310 g/mol. The third-order valence-electron chi connectivity index (χ3n) is 3.56.